The van der Waals surface area contributed by atoms with Gasteiger partial charge < -0.3 is 10.2 Å². The molecule has 1 amide bonds. The standard InChI is InChI=1S/C13H24N2O3S2/c1-2-20(17,18)13-10-19-7-6-15(13)12(16)8-11-4-3-5-14-9-11/h11,13-14H,2-10H2,1H3. The smallest absolute Gasteiger partial charge is 0.224 e. The SMILES string of the molecule is CCS(=O)(=O)C1CSCCN1C(=O)CC1CCCNC1. The summed E-state index contributed by atoms with van der Waals surface area (Å²) < 4.78 is 24.3. The molecule has 0 bridgehead atoms. The third-order valence-electron chi connectivity index (χ3n) is 4.08. The number of nitrogens with zero attached hydrogens (tertiary/aromatic N) is 1. The van der Waals surface area contributed by atoms with E-state index >= 15 is 0 Å². The van der Waals surface area contributed by atoms with Crippen LogP contribution >= 0.6 is 11.8 Å². The summed E-state index contributed by atoms with van der Waals surface area (Å²) in [6.45, 7) is 4.12. The van der Waals surface area contributed by atoms with Crippen molar-refractivity contribution < 1.29 is 13.2 Å². The summed E-state index contributed by atoms with van der Waals surface area (Å²) in [5.41, 5.74) is 0. The second-order valence-corrected chi connectivity index (χ2v) is 9.08. The Morgan fingerprint density at radius 1 is 1.45 bits per heavy atom. The fourth-order valence-electron chi connectivity index (χ4n) is 2.82. The average molecular weight is 320 g/mol. The monoisotopic (exact) mass is 320 g/mol. The first kappa shape index (κ1) is 16.1. The Bertz CT molecular complexity index is 433. The lowest BCUT2D eigenvalue weighted by Gasteiger charge is -2.36. The summed E-state index contributed by atoms with van der Waals surface area (Å²) in [6.07, 6.45) is 2.64. The van der Waals surface area contributed by atoms with E-state index in [-0.39, 0.29) is 11.7 Å². The highest BCUT2D eigenvalue weighted by Crippen LogP contribution is 2.24. The van der Waals surface area contributed by atoms with E-state index in [0.29, 0.717) is 24.6 Å². The topological polar surface area (TPSA) is 66.5 Å². The maximum atomic E-state index is 12.5. The molecule has 2 fully saturated rings. The molecule has 5 nitrogen and oxygen atoms in total. The van der Waals surface area contributed by atoms with Gasteiger partial charge in [0.05, 0.1) is 0 Å². The summed E-state index contributed by atoms with van der Waals surface area (Å²) in [5.74, 6) is 1.83. The number of hydrogen-bond acceptors (Lipinski definition) is 5. The van der Waals surface area contributed by atoms with Gasteiger partial charge in [-0.2, -0.15) is 11.8 Å². The van der Waals surface area contributed by atoms with Crippen LogP contribution in [0.5, 0.6) is 0 Å². The first-order valence-corrected chi connectivity index (χ1v) is 10.2. The molecule has 2 rings (SSSR count). The van der Waals surface area contributed by atoms with Crippen LogP contribution in [0, 0.1) is 5.92 Å². The Labute approximate surface area is 125 Å². The average Bonchev–Trinajstić information content (AvgIpc) is 2.48. The van der Waals surface area contributed by atoms with E-state index in [1.54, 1.807) is 23.6 Å². The Balaban J connectivity index is 2.01. The van der Waals surface area contributed by atoms with Crippen molar-refractivity contribution in [1.82, 2.24) is 10.2 Å². The Hall–Kier alpha value is -0.270. The van der Waals surface area contributed by atoms with Gasteiger partial charge in [0.2, 0.25) is 5.91 Å². The highest BCUT2D eigenvalue weighted by atomic mass is 32.2. The van der Waals surface area contributed by atoms with Crippen molar-refractivity contribution in [1.29, 1.82) is 0 Å². The molecule has 2 atom stereocenters. The molecule has 0 spiro atoms. The lowest BCUT2D eigenvalue weighted by atomic mass is 9.95. The predicted octanol–water partition coefficient (Wildman–Crippen LogP) is 0.712. The molecule has 1 N–H and O–H groups in total. The van der Waals surface area contributed by atoms with Crippen LogP contribution < -0.4 is 5.32 Å². The first-order chi connectivity index (χ1) is 9.54. The van der Waals surface area contributed by atoms with Crippen molar-refractivity contribution in [2.75, 3.05) is 36.9 Å². The van der Waals surface area contributed by atoms with Gasteiger partial charge in [0, 0.05) is 30.2 Å². The van der Waals surface area contributed by atoms with Crippen molar-refractivity contribution >= 4 is 27.5 Å². The largest absolute Gasteiger partial charge is 0.324 e. The third kappa shape index (κ3) is 3.89. The fraction of sp³-hybridized carbons (Fsp3) is 0.923. The molecule has 0 radical (unpaired) electrons. The van der Waals surface area contributed by atoms with E-state index in [0.717, 1.165) is 31.7 Å². The van der Waals surface area contributed by atoms with Crippen molar-refractivity contribution in [3.8, 4) is 0 Å². The Morgan fingerprint density at radius 3 is 2.90 bits per heavy atom. The van der Waals surface area contributed by atoms with Crippen molar-refractivity contribution in [2.45, 2.75) is 31.6 Å². The van der Waals surface area contributed by atoms with Crippen molar-refractivity contribution in [3.63, 3.8) is 0 Å². The molecule has 7 heteroatoms. The number of thioether (sulfide) groups is 1. The normalized spacial score (nSPS) is 28.4. The van der Waals surface area contributed by atoms with Gasteiger partial charge in [-0.1, -0.05) is 6.92 Å². The highest BCUT2D eigenvalue weighted by Gasteiger charge is 2.36. The van der Waals surface area contributed by atoms with Gasteiger partial charge in [0.15, 0.2) is 9.84 Å². The van der Waals surface area contributed by atoms with Crippen LogP contribution in [0.2, 0.25) is 0 Å². The molecule has 2 aliphatic rings. The van der Waals surface area contributed by atoms with Crippen LogP contribution in [-0.2, 0) is 14.6 Å². The third-order valence-corrected chi connectivity index (χ3v) is 7.37. The van der Waals surface area contributed by atoms with Crippen LogP contribution in [0.15, 0.2) is 0 Å². The number of amides is 1. The number of rotatable bonds is 4. The summed E-state index contributed by atoms with van der Waals surface area (Å²) in [7, 11) is -3.19. The van der Waals surface area contributed by atoms with E-state index in [4.69, 9.17) is 0 Å². The van der Waals surface area contributed by atoms with Gasteiger partial charge >= 0.3 is 0 Å². The minimum Gasteiger partial charge on any atom is -0.324 e. The number of hydrogen-bond donors (Lipinski definition) is 1. The van der Waals surface area contributed by atoms with Crippen LogP contribution in [-0.4, -0.2) is 61.5 Å². The van der Waals surface area contributed by atoms with Gasteiger partial charge in [0.25, 0.3) is 0 Å². The molecular weight excluding hydrogens is 296 g/mol. The van der Waals surface area contributed by atoms with Crippen LogP contribution in [0.3, 0.4) is 0 Å². The molecule has 0 aliphatic carbocycles. The van der Waals surface area contributed by atoms with Gasteiger partial charge in [0.1, 0.15) is 5.37 Å². The van der Waals surface area contributed by atoms with E-state index in [2.05, 4.69) is 5.32 Å². The minimum absolute atomic E-state index is 0.0148. The van der Waals surface area contributed by atoms with Crippen molar-refractivity contribution in [3.05, 3.63) is 0 Å². The second kappa shape index (κ2) is 7.13. The zero-order valence-corrected chi connectivity index (χ0v) is 13.6. The van der Waals surface area contributed by atoms with Crippen LogP contribution in [0.1, 0.15) is 26.2 Å². The van der Waals surface area contributed by atoms with Gasteiger partial charge in [-0.15, -0.1) is 0 Å². The summed E-state index contributed by atoms with van der Waals surface area (Å²) >= 11 is 1.63. The minimum atomic E-state index is -3.19. The van der Waals surface area contributed by atoms with Gasteiger partial charge in [-0.05, 0) is 31.8 Å². The molecule has 2 aliphatic heterocycles. The Kier molecular flexibility index (Phi) is 5.74. The number of sulfone groups is 1. The van der Waals surface area contributed by atoms with E-state index in [1.165, 1.54) is 0 Å². The number of nitrogens with one attached hydrogen (secondary N) is 1. The maximum absolute atomic E-state index is 12.5. The zero-order valence-electron chi connectivity index (χ0n) is 12.0. The molecule has 20 heavy (non-hydrogen) atoms. The lowest BCUT2D eigenvalue weighted by molar-refractivity contribution is -0.132. The van der Waals surface area contributed by atoms with E-state index in [1.807, 2.05) is 0 Å². The van der Waals surface area contributed by atoms with E-state index in [9.17, 15) is 13.2 Å². The molecule has 2 saturated heterocycles. The maximum Gasteiger partial charge on any atom is 0.224 e. The summed E-state index contributed by atoms with van der Waals surface area (Å²) in [4.78, 5) is 14.1. The molecular formula is C13H24N2O3S2. The number of carbonyl (C=O) groups excluding carboxylic acids is 1. The summed E-state index contributed by atoms with van der Waals surface area (Å²) in [5, 5.41) is 2.69. The van der Waals surface area contributed by atoms with Gasteiger partial charge in [-0.25, -0.2) is 8.42 Å². The van der Waals surface area contributed by atoms with Gasteiger partial charge in [-0.3, -0.25) is 4.79 Å². The molecule has 2 unspecified atom stereocenters. The molecule has 2 heterocycles. The van der Waals surface area contributed by atoms with Crippen LogP contribution in [0.4, 0.5) is 0 Å². The number of carbonyl (C=O) groups is 1. The first-order valence-electron chi connectivity index (χ1n) is 7.34. The van der Waals surface area contributed by atoms with Crippen molar-refractivity contribution in [2.24, 2.45) is 5.92 Å². The number of piperidine rings is 1. The Morgan fingerprint density at radius 2 is 2.25 bits per heavy atom. The summed E-state index contributed by atoms with van der Waals surface area (Å²) in [6, 6.07) is 0. The van der Waals surface area contributed by atoms with E-state index < -0.39 is 15.2 Å². The fourth-order valence-corrected chi connectivity index (χ4v) is 5.81. The highest BCUT2D eigenvalue weighted by molar-refractivity contribution is 8.01. The molecule has 0 aromatic carbocycles. The molecule has 0 saturated carbocycles. The quantitative estimate of drug-likeness (QED) is 0.826. The molecule has 0 aromatic rings. The zero-order chi connectivity index (χ0) is 14.6. The second-order valence-electron chi connectivity index (χ2n) is 5.48. The molecule has 116 valence electrons. The lowest BCUT2D eigenvalue weighted by Crippen LogP contribution is -2.51. The predicted molar refractivity (Wildman–Crippen MR) is 82.5 cm³/mol. The molecule has 0 aromatic heterocycles. The van der Waals surface area contributed by atoms with Crippen LogP contribution in [0.25, 0.3) is 0 Å².